The van der Waals surface area contributed by atoms with E-state index in [0.717, 1.165) is 0 Å². The van der Waals surface area contributed by atoms with Gasteiger partial charge in [0.15, 0.2) is 5.79 Å². The van der Waals surface area contributed by atoms with E-state index in [2.05, 4.69) is 5.32 Å². The smallest absolute Gasteiger partial charge is 0.322 e. The zero-order chi connectivity index (χ0) is 24.9. The predicted molar refractivity (Wildman–Crippen MR) is 129 cm³/mol. The molecule has 0 aliphatic carbocycles. The molecule has 0 radical (unpaired) electrons. The molecule has 1 spiro atoms. The average Bonchev–Trinajstić information content (AvgIpc) is 3.43. The van der Waals surface area contributed by atoms with Crippen LogP contribution < -0.4 is 5.32 Å². The Bertz CT molecular complexity index is 1090. The van der Waals surface area contributed by atoms with E-state index in [1.807, 2.05) is 6.92 Å². The van der Waals surface area contributed by atoms with Gasteiger partial charge >= 0.3 is 6.03 Å². The van der Waals surface area contributed by atoms with Gasteiger partial charge in [-0.25, -0.2) is 4.79 Å². The van der Waals surface area contributed by atoms with E-state index in [1.54, 1.807) is 39.8 Å². The maximum atomic E-state index is 13.7. The second kappa shape index (κ2) is 9.28. The van der Waals surface area contributed by atoms with Gasteiger partial charge in [0.2, 0.25) is 5.91 Å². The Hall–Kier alpha value is -2.33. The highest BCUT2D eigenvalue weighted by Gasteiger charge is 2.48. The summed E-state index contributed by atoms with van der Waals surface area (Å²) in [6.45, 7) is 6.30. The maximum Gasteiger partial charge on any atom is 0.322 e. The first-order chi connectivity index (χ1) is 16.7. The van der Waals surface area contributed by atoms with Crippen LogP contribution in [0.2, 0.25) is 10.0 Å². The fraction of sp³-hybridized carbons (Fsp3) is 0.542. The van der Waals surface area contributed by atoms with Crippen molar-refractivity contribution in [1.29, 1.82) is 0 Å². The van der Waals surface area contributed by atoms with E-state index in [-0.39, 0.29) is 24.4 Å². The summed E-state index contributed by atoms with van der Waals surface area (Å²) in [5, 5.41) is 3.72. The lowest BCUT2D eigenvalue weighted by atomic mass is 9.95. The molecule has 35 heavy (non-hydrogen) atoms. The summed E-state index contributed by atoms with van der Waals surface area (Å²) in [4.78, 5) is 44.9. The molecule has 1 aromatic carbocycles. The van der Waals surface area contributed by atoms with Gasteiger partial charge in [-0.15, -0.1) is 0 Å². The van der Waals surface area contributed by atoms with E-state index in [4.69, 9.17) is 32.7 Å². The second-order valence-corrected chi connectivity index (χ2v) is 10.0. The number of likely N-dealkylation sites (N-methyl/N-ethyl adjacent to an activating group) is 1. The van der Waals surface area contributed by atoms with Crippen molar-refractivity contribution < 1.29 is 23.9 Å². The zero-order valence-electron chi connectivity index (χ0n) is 19.7. The molecular formula is C24H28Cl2N4O5. The molecule has 2 saturated heterocycles. The van der Waals surface area contributed by atoms with Crippen LogP contribution in [0, 0.1) is 0 Å². The Balaban J connectivity index is 1.38. The van der Waals surface area contributed by atoms with Crippen molar-refractivity contribution in [2.45, 2.75) is 44.6 Å². The van der Waals surface area contributed by atoms with E-state index in [0.29, 0.717) is 72.6 Å². The molecule has 11 heteroatoms. The van der Waals surface area contributed by atoms with Gasteiger partial charge in [0.05, 0.1) is 37.1 Å². The standard InChI is InChI=1S/C24H28Cl2N4O5/c1-3-29-18-13-30(14(2)21(31)28-8-6-24(7-9-28)34-10-11-35-24)22(32)19(18)20(27-23(29)33)16-5-4-15(25)12-17(16)26/h4-5,12,14,20H,3,6-11,13H2,1-2H3,(H,27,33). The number of amides is 4. The molecule has 0 bridgehead atoms. The molecule has 2 unspecified atom stereocenters. The minimum absolute atomic E-state index is 0.130. The van der Waals surface area contributed by atoms with Gasteiger partial charge in [-0.2, -0.15) is 0 Å². The molecule has 0 saturated carbocycles. The minimum atomic E-state index is -0.726. The number of piperidine rings is 1. The zero-order valence-corrected chi connectivity index (χ0v) is 21.2. The van der Waals surface area contributed by atoms with Crippen LogP contribution in [0.4, 0.5) is 4.79 Å². The number of hydrogen-bond acceptors (Lipinski definition) is 5. The molecular weight excluding hydrogens is 495 g/mol. The Morgan fingerprint density at radius 2 is 1.89 bits per heavy atom. The number of halogens is 2. The highest BCUT2D eigenvalue weighted by Crippen LogP contribution is 2.40. The first kappa shape index (κ1) is 24.4. The van der Waals surface area contributed by atoms with Crippen molar-refractivity contribution in [2.75, 3.05) is 39.4 Å². The summed E-state index contributed by atoms with van der Waals surface area (Å²) >= 11 is 12.5. The molecule has 2 atom stereocenters. The lowest BCUT2D eigenvalue weighted by molar-refractivity contribution is -0.188. The Morgan fingerprint density at radius 1 is 1.20 bits per heavy atom. The molecule has 4 aliphatic rings. The number of carbonyl (C=O) groups is 3. The molecule has 4 aliphatic heterocycles. The summed E-state index contributed by atoms with van der Waals surface area (Å²) in [7, 11) is 0. The minimum Gasteiger partial charge on any atom is -0.347 e. The van der Waals surface area contributed by atoms with Gasteiger partial charge in [0, 0.05) is 42.5 Å². The lowest BCUT2D eigenvalue weighted by Crippen LogP contribution is -2.53. The Morgan fingerprint density at radius 3 is 2.51 bits per heavy atom. The number of nitrogens with one attached hydrogen (secondary N) is 1. The summed E-state index contributed by atoms with van der Waals surface area (Å²) in [6, 6.07) is 3.24. The number of ether oxygens (including phenoxy) is 2. The average molecular weight is 523 g/mol. The van der Waals surface area contributed by atoms with Crippen LogP contribution in [0.5, 0.6) is 0 Å². The summed E-state index contributed by atoms with van der Waals surface area (Å²) < 4.78 is 11.5. The van der Waals surface area contributed by atoms with Crippen molar-refractivity contribution in [2.24, 2.45) is 0 Å². The number of nitrogens with zero attached hydrogens (tertiary/aromatic N) is 3. The monoisotopic (exact) mass is 522 g/mol. The summed E-state index contributed by atoms with van der Waals surface area (Å²) in [6.07, 6.45) is 1.21. The van der Waals surface area contributed by atoms with Crippen molar-refractivity contribution in [1.82, 2.24) is 20.0 Å². The number of benzene rings is 1. The van der Waals surface area contributed by atoms with Gasteiger partial charge in [-0.05, 0) is 31.5 Å². The number of hydrogen-bond donors (Lipinski definition) is 1. The van der Waals surface area contributed by atoms with Crippen LogP contribution >= 0.6 is 23.2 Å². The van der Waals surface area contributed by atoms with Crippen molar-refractivity contribution in [3.8, 4) is 0 Å². The topological polar surface area (TPSA) is 91.4 Å². The third-order valence-electron chi connectivity index (χ3n) is 7.31. The number of urea groups is 1. The van der Waals surface area contributed by atoms with Gasteiger partial charge < -0.3 is 24.6 Å². The number of rotatable bonds is 4. The van der Waals surface area contributed by atoms with Crippen LogP contribution in [0.25, 0.3) is 0 Å². The van der Waals surface area contributed by atoms with E-state index < -0.39 is 17.9 Å². The third kappa shape index (κ3) is 4.18. The largest absolute Gasteiger partial charge is 0.347 e. The molecule has 0 aromatic heterocycles. The first-order valence-electron chi connectivity index (χ1n) is 11.9. The van der Waals surface area contributed by atoms with Crippen LogP contribution in [-0.2, 0) is 19.1 Å². The van der Waals surface area contributed by atoms with Gasteiger partial charge in [-0.3, -0.25) is 14.5 Å². The SMILES string of the molecule is CCN1C(=O)NC(c2ccc(Cl)cc2Cl)C2=C1CN(C(C)C(=O)N1CCC3(CC1)OCCO3)C2=O. The first-order valence-corrected chi connectivity index (χ1v) is 12.6. The number of carbonyl (C=O) groups excluding carboxylic acids is 3. The second-order valence-electron chi connectivity index (χ2n) is 9.19. The molecule has 9 nitrogen and oxygen atoms in total. The van der Waals surface area contributed by atoms with E-state index >= 15 is 0 Å². The van der Waals surface area contributed by atoms with Gasteiger partial charge in [-0.1, -0.05) is 29.3 Å². The summed E-state index contributed by atoms with van der Waals surface area (Å²) in [5.74, 6) is -0.997. The van der Waals surface area contributed by atoms with Crippen LogP contribution in [0.3, 0.4) is 0 Å². The van der Waals surface area contributed by atoms with Crippen molar-refractivity contribution in [3.05, 3.63) is 45.1 Å². The molecule has 5 rings (SSSR count). The van der Waals surface area contributed by atoms with Crippen LogP contribution in [0.1, 0.15) is 38.3 Å². The summed E-state index contributed by atoms with van der Waals surface area (Å²) in [5.41, 5.74) is 1.61. The maximum absolute atomic E-state index is 13.7. The lowest BCUT2D eigenvalue weighted by Gasteiger charge is -2.39. The highest BCUT2D eigenvalue weighted by molar-refractivity contribution is 6.35. The fourth-order valence-electron chi connectivity index (χ4n) is 5.38. The predicted octanol–water partition coefficient (Wildman–Crippen LogP) is 2.93. The molecule has 2 fully saturated rings. The molecule has 1 N–H and O–H groups in total. The Kier molecular flexibility index (Phi) is 6.46. The Labute approximate surface area is 213 Å². The van der Waals surface area contributed by atoms with Gasteiger partial charge in [0.1, 0.15) is 6.04 Å². The van der Waals surface area contributed by atoms with Crippen molar-refractivity contribution >= 4 is 41.0 Å². The van der Waals surface area contributed by atoms with Crippen molar-refractivity contribution in [3.63, 3.8) is 0 Å². The van der Waals surface area contributed by atoms with E-state index in [1.165, 1.54) is 0 Å². The molecule has 1 aromatic rings. The van der Waals surface area contributed by atoms with E-state index in [9.17, 15) is 14.4 Å². The normalized spacial score (nSPS) is 24.8. The quantitative estimate of drug-likeness (QED) is 0.656. The van der Waals surface area contributed by atoms with Crippen LogP contribution in [0.15, 0.2) is 29.5 Å². The molecule has 4 heterocycles. The third-order valence-corrected chi connectivity index (χ3v) is 7.88. The fourth-order valence-corrected chi connectivity index (χ4v) is 5.90. The molecule has 188 valence electrons. The molecule has 4 amide bonds. The van der Waals surface area contributed by atoms with Gasteiger partial charge in [0.25, 0.3) is 5.91 Å². The number of likely N-dealkylation sites (tertiary alicyclic amines) is 1. The van der Waals surface area contributed by atoms with Crippen LogP contribution in [-0.4, -0.2) is 83.8 Å². The highest BCUT2D eigenvalue weighted by atomic mass is 35.5.